The molecule has 1 amide bonds. The molecule has 0 radical (unpaired) electrons. The van der Waals surface area contributed by atoms with Crippen molar-refractivity contribution in [1.82, 2.24) is 15.1 Å². The van der Waals surface area contributed by atoms with Crippen LogP contribution < -0.4 is 4.90 Å². The van der Waals surface area contributed by atoms with Crippen molar-refractivity contribution < 1.29 is 4.79 Å². The van der Waals surface area contributed by atoms with Crippen molar-refractivity contribution in [2.24, 2.45) is 5.92 Å². The Morgan fingerprint density at radius 1 is 1.00 bits per heavy atom. The minimum absolute atomic E-state index is 0.259. The minimum atomic E-state index is 0.259. The fraction of sp³-hybridized carbons (Fsp3) is 0.421. The third-order valence-electron chi connectivity index (χ3n) is 4.26. The Kier molecular flexibility index (Phi) is 5.08. The minimum Gasteiger partial charge on any atom is -0.352 e. The lowest BCUT2D eigenvalue weighted by Gasteiger charge is -2.35. The van der Waals surface area contributed by atoms with Gasteiger partial charge in [-0.2, -0.15) is 0 Å². The first kappa shape index (κ1) is 16.4. The second kappa shape index (κ2) is 7.43. The van der Waals surface area contributed by atoms with Gasteiger partial charge in [0.2, 0.25) is 5.91 Å². The summed E-state index contributed by atoms with van der Waals surface area (Å²) in [7, 11) is 0. The zero-order valence-electron chi connectivity index (χ0n) is 14.4. The van der Waals surface area contributed by atoms with Gasteiger partial charge in [-0.3, -0.25) is 4.79 Å². The Hall–Kier alpha value is -2.43. The average Bonchev–Trinajstić information content (AvgIpc) is 2.62. The van der Waals surface area contributed by atoms with Crippen molar-refractivity contribution in [2.75, 3.05) is 31.1 Å². The normalized spacial score (nSPS) is 15.0. The topological polar surface area (TPSA) is 49.3 Å². The summed E-state index contributed by atoms with van der Waals surface area (Å²) in [6.07, 6.45) is 0.631. The highest BCUT2D eigenvalue weighted by Gasteiger charge is 2.22. The van der Waals surface area contributed by atoms with Gasteiger partial charge >= 0.3 is 0 Å². The maximum atomic E-state index is 12.1. The van der Waals surface area contributed by atoms with E-state index in [0.717, 1.165) is 43.3 Å². The molecule has 0 unspecified atom stereocenters. The van der Waals surface area contributed by atoms with E-state index < -0.39 is 0 Å². The van der Waals surface area contributed by atoms with Gasteiger partial charge in [0.05, 0.1) is 5.69 Å². The lowest BCUT2D eigenvalue weighted by atomic mass is 10.1. The highest BCUT2D eigenvalue weighted by molar-refractivity contribution is 5.76. The molecule has 3 rings (SSSR count). The van der Waals surface area contributed by atoms with Crippen LogP contribution in [0.3, 0.4) is 0 Å². The number of nitrogens with zero attached hydrogens (tertiary/aromatic N) is 4. The molecule has 24 heavy (non-hydrogen) atoms. The number of carbonyl (C=O) groups excluding carboxylic acids is 1. The van der Waals surface area contributed by atoms with Crippen LogP contribution in [0.4, 0.5) is 5.82 Å². The van der Waals surface area contributed by atoms with Crippen molar-refractivity contribution in [3.05, 3.63) is 42.5 Å². The van der Waals surface area contributed by atoms with E-state index in [1.807, 2.05) is 47.4 Å². The van der Waals surface area contributed by atoms with Gasteiger partial charge in [0.25, 0.3) is 0 Å². The van der Waals surface area contributed by atoms with Gasteiger partial charge in [-0.15, -0.1) is 10.2 Å². The van der Waals surface area contributed by atoms with E-state index in [2.05, 4.69) is 28.9 Å². The van der Waals surface area contributed by atoms with Crippen LogP contribution in [0.1, 0.15) is 20.3 Å². The zero-order valence-corrected chi connectivity index (χ0v) is 14.4. The summed E-state index contributed by atoms with van der Waals surface area (Å²) >= 11 is 0. The monoisotopic (exact) mass is 324 g/mol. The first-order valence-electron chi connectivity index (χ1n) is 8.55. The number of amides is 1. The molecule has 1 saturated heterocycles. The van der Waals surface area contributed by atoms with Crippen LogP contribution in [-0.2, 0) is 4.79 Å². The molecule has 0 aliphatic carbocycles. The van der Waals surface area contributed by atoms with E-state index in [4.69, 9.17) is 0 Å². The van der Waals surface area contributed by atoms with Crippen LogP contribution in [0.2, 0.25) is 0 Å². The van der Waals surface area contributed by atoms with Crippen LogP contribution in [0.25, 0.3) is 11.3 Å². The van der Waals surface area contributed by atoms with Crippen molar-refractivity contribution in [3.63, 3.8) is 0 Å². The van der Waals surface area contributed by atoms with Gasteiger partial charge in [-0.1, -0.05) is 44.2 Å². The zero-order chi connectivity index (χ0) is 16.9. The molecule has 0 spiro atoms. The predicted molar refractivity (Wildman–Crippen MR) is 95.7 cm³/mol. The lowest BCUT2D eigenvalue weighted by Crippen LogP contribution is -2.49. The molecule has 1 aromatic heterocycles. The molecule has 1 aliphatic heterocycles. The first-order chi connectivity index (χ1) is 11.6. The number of carbonyl (C=O) groups is 1. The van der Waals surface area contributed by atoms with Gasteiger partial charge in [0.1, 0.15) is 0 Å². The quantitative estimate of drug-likeness (QED) is 0.868. The van der Waals surface area contributed by atoms with Crippen LogP contribution in [-0.4, -0.2) is 47.2 Å². The van der Waals surface area contributed by atoms with E-state index in [1.54, 1.807) is 0 Å². The summed E-state index contributed by atoms with van der Waals surface area (Å²) in [5.41, 5.74) is 1.95. The van der Waals surface area contributed by atoms with Gasteiger partial charge < -0.3 is 9.80 Å². The van der Waals surface area contributed by atoms with Gasteiger partial charge in [-0.05, 0) is 18.1 Å². The summed E-state index contributed by atoms with van der Waals surface area (Å²) < 4.78 is 0. The van der Waals surface area contributed by atoms with Crippen LogP contribution in [0.15, 0.2) is 42.5 Å². The molecule has 5 heteroatoms. The number of piperazine rings is 1. The Bertz CT molecular complexity index is 662. The van der Waals surface area contributed by atoms with Crippen LogP contribution >= 0.6 is 0 Å². The SMILES string of the molecule is CC(C)CC(=O)N1CCN(c2ccc(-c3ccccc3)nn2)CC1. The molecule has 1 fully saturated rings. The number of hydrogen-bond donors (Lipinski definition) is 0. The standard InChI is InChI=1S/C19H24N4O/c1-15(2)14-19(24)23-12-10-22(11-13-23)18-9-8-17(20-21-18)16-6-4-3-5-7-16/h3-9,15H,10-14H2,1-2H3. The molecule has 2 aromatic rings. The number of anilines is 1. The highest BCUT2D eigenvalue weighted by Crippen LogP contribution is 2.19. The third kappa shape index (κ3) is 3.91. The summed E-state index contributed by atoms with van der Waals surface area (Å²) in [5.74, 6) is 1.55. The van der Waals surface area contributed by atoms with Crippen molar-refractivity contribution in [2.45, 2.75) is 20.3 Å². The molecule has 0 bridgehead atoms. The first-order valence-corrected chi connectivity index (χ1v) is 8.55. The summed E-state index contributed by atoms with van der Waals surface area (Å²) in [4.78, 5) is 16.3. The largest absolute Gasteiger partial charge is 0.352 e. The Morgan fingerprint density at radius 3 is 2.29 bits per heavy atom. The summed E-state index contributed by atoms with van der Waals surface area (Å²) in [5, 5.41) is 8.71. The number of aromatic nitrogens is 2. The fourth-order valence-electron chi connectivity index (χ4n) is 2.92. The molecule has 1 aliphatic rings. The summed E-state index contributed by atoms with van der Waals surface area (Å²) in [6, 6.07) is 14.1. The molecule has 0 saturated carbocycles. The molecular weight excluding hydrogens is 300 g/mol. The molecular formula is C19H24N4O. The second-order valence-corrected chi connectivity index (χ2v) is 6.61. The van der Waals surface area contributed by atoms with E-state index in [1.165, 1.54) is 0 Å². The number of benzene rings is 1. The van der Waals surface area contributed by atoms with Crippen molar-refractivity contribution in [3.8, 4) is 11.3 Å². The highest BCUT2D eigenvalue weighted by atomic mass is 16.2. The molecule has 2 heterocycles. The van der Waals surface area contributed by atoms with Gasteiger partial charge in [0, 0.05) is 38.2 Å². The Balaban J connectivity index is 1.60. The number of hydrogen-bond acceptors (Lipinski definition) is 4. The van der Waals surface area contributed by atoms with E-state index in [-0.39, 0.29) is 5.91 Å². The fourth-order valence-corrected chi connectivity index (χ4v) is 2.92. The molecule has 1 aromatic carbocycles. The average molecular weight is 324 g/mol. The molecule has 5 nitrogen and oxygen atoms in total. The molecule has 0 atom stereocenters. The van der Waals surface area contributed by atoms with E-state index in [9.17, 15) is 4.79 Å². The number of rotatable bonds is 4. The van der Waals surface area contributed by atoms with Crippen LogP contribution in [0, 0.1) is 5.92 Å². The second-order valence-electron chi connectivity index (χ2n) is 6.61. The third-order valence-corrected chi connectivity index (χ3v) is 4.26. The van der Waals surface area contributed by atoms with Gasteiger partial charge in [0.15, 0.2) is 5.82 Å². The molecule has 126 valence electrons. The maximum Gasteiger partial charge on any atom is 0.222 e. The van der Waals surface area contributed by atoms with Crippen molar-refractivity contribution >= 4 is 11.7 Å². The summed E-state index contributed by atoms with van der Waals surface area (Å²) in [6.45, 7) is 7.30. The predicted octanol–water partition coefficient (Wildman–Crippen LogP) is 2.84. The van der Waals surface area contributed by atoms with E-state index >= 15 is 0 Å². The van der Waals surface area contributed by atoms with E-state index in [0.29, 0.717) is 12.3 Å². The Morgan fingerprint density at radius 2 is 1.71 bits per heavy atom. The lowest BCUT2D eigenvalue weighted by molar-refractivity contribution is -0.132. The van der Waals surface area contributed by atoms with Gasteiger partial charge in [-0.25, -0.2) is 0 Å². The van der Waals surface area contributed by atoms with Crippen LogP contribution in [0.5, 0.6) is 0 Å². The Labute approximate surface area is 143 Å². The van der Waals surface area contributed by atoms with Crippen molar-refractivity contribution in [1.29, 1.82) is 0 Å². The molecule has 0 N–H and O–H groups in total. The smallest absolute Gasteiger partial charge is 0.222 e. The maximum absolute atomic E-state index is 12.1.